The zero-order valence-electron chi connectivity index (χ0n) is 16.7. The molecule has 1 fully saturated rings. The number of nitrogens with one attached hydrogen (secondary N) is 1. The summed E-state index contributed by atoms with van der Waals surface area (Å²) in [4.78, 5) is 11.5. The van der Waals surface area contributed by atoms with Crippen LogP contribution in [-0.2, 0) is 0 Å². The summed E-state index contributed by atoms with van der Waals surface area (Å²) in [6.45, 7) is 7.34. The van der Waals surface area contributed by atoms with E-state index >= 15 is 0 Å². The molecule has 0 unspecified atom stereocenters. The van der Waals surface area contributed by atoms with Crippen LogP contribution in [0.3, 0.4) is 0 Å². The van der Waals surface area contributed by atoms with Crippen molar-refractivity contribution in [1.29, 1.82) is 0 Å². The van der Waals surface area contributed by atoms with Crippen LogP contribution in [0.5, 0.6) is 11.8 Å². The molecule has 0 radical (unpaired) electrons. The van der Waals surface area contributed by atoms with E-state index in [1.807, 2.05) is 25.1 Å². The maximum Gasteiger partial charge on any atom is 0.215 e. The number of likely N-dealkylation sites (tertiary alicyclic amines) is 1. The van der Waals surface area contributed by atoms with E-state index in [4.69, 9.17) is 9.47 Å². The first kappa shape index (κ1) is 19.4. The summed E-state index contributed by atoms with van der Waals surface area (Å²) in [7, 11) is 3.31. The monoisotopic (exact) mass is 370 g/mol. The van der Waals surface area contributed by atoms with Crippen molar-refractivity contribution in [1.82, 2.24) is 14.9 Å². The highest BCUT2D eigenvalue weighted by Gasteiger charge is 2.25. The lowest BCUT2D eigenvalue weighted by molar-refractivity contribution is 0.133. The number of piperidine rings is 1. The fourth-order valence-electron chi connectivity index (χ4n) is 3.69. The smallest absolute Gasteiger partial charge is 0.215 e. The van der Waals surface area contributed by atoms with Crippen LogP contribution in [0.15, 0.2) is 30.3 Å². The van der Waals surface area contributed by atoms with Crippen molar-refractivity contribution in [2.75, 3.05) is 39.2 Å². The lowest BCUT2D eigenvalue weighted by Gasteiger charge is -2.36. The number of anilines is 1. The van der Waals surface area contributed by atoms with E-state index in [-0.39, 0.29) is 6.04 Å². The first-order chi connectivity index (χ1) is 13.1. The Morgan fingerprint density at radius 1 is 1.19 bits per heavy atom. The van der Waals surface area contributed by atoms with E-state index < -0.39 is 0 Å². The Kier molecular flexibility index (Phi) is 6.50. The van der Waals surface area contributed by atoms with Gasteiger partial charge in [-0.1, -0.05) is 6.07 Å². The van der Waals surface area contributed by atoms with Gasteiger partial charge in [-0.05, 0) is 51.3 Å². The van der Waals surface area contributed by atoms with Crippen LogP contribution in [0, 0.1) is 12.8 Å². The molecule has 0 saturated carbocycles. The van der Waals surface area contributed by atoms with Crippen LogP contribution in [0.1, 0.15) is 37.2 Å². The maximum absolute atomic E-state index is 5.27. The normalized spacial score (nSPS) is 18.7. The minimum absolute atomic E-state index is 0.283. The maximum atomic E-state index is 5.27. The van der Waals surface area contributed by atoms with Gasteiger partial charge in [-0.15, -0.1) is 0 Å². The summed E-state index contributed by atoms with van der Waals surface area (Å²) >= 11 is 0. The van der Waals surface area contributed by atoms with E-state index in [0.717, 1.165) is 36.7 Å². The van der Waals surface area contributed by atoms with Crippen molar-refractivity contribution in [2.24, 2.45) is 5.92 Å². The zero-order valence-corrected chi connectivity index (χ0v) is 16.7. The second-order valence-corrected chi connectivity index (χ2v) is 7.20. The lowest BCUT2D eigenvalue weighted by atomic mass is 9.96. The zero-order chi connectivity index (χ0) is 19.2. The van der Waals surface area contributed by atoms with Gasteiger partial charge in [-0.3, -0.25) is 4.90 Å². The highest BCUT2D eigenvalue weighted by atomic mass is 16.5. The van der Waals surface area contributed by atoms with Crippen LogP contribution < -0.4 is 14.8 Å². The molecule has 6 heteroatoms. The van der Waals surface area contributed by atoms with Gasteiger partial charge in [0.25, 0.3) is 0 Å². The molecule has 3 heterocycles. The number of hydrogen-bond acceptors (Lipinski definition) is 6. The fraction of sp³-hybridized carbons (Fsp3) is 0.524. The van der Waals surface area contributed by atoms with E-state index in [1.54, 1.807) is 14.2 Å². The van der Waals surface area contributed by atoms with Crippen molar-refractivity contribution in [3.05, 3.63) is 41.7 Å². The Labute approximate surface area is 161 Å². The van der Waals surface area contributed by atoms with Gasteiger partial charge in [0, 0.05) is 42.6 Å². The molecule has 0 aromatic carbocycles. The molecule has 1 aliphatic heterocycles. The van der Waals surface area contributed by atoms with Gasteiger partial charge in [-0.2, -0.15) is 0 Å². The third kappa shape index (κ3) is 5.10. The second kappa shape index (κ2) is 9.04. The van der Waals surface area contributed by atoms with Gasteiger partial charge in [0.2, 0.25) is 11.8 Å². The average molecular weight is 370 g/mol. The molecule has 1 N–H and O–H groups in total. The first-order valence-electron chi connectivity index (χ1n) is 9.60. The Bertz CT molecular complexity index is 753. The number of hydrogen-bond donors (Lipinski definition) is 1. The molecule has 1 saturated heterocycles. The Hall–Kier alpha value is -2.34. The van der Waals surface area contributed by atoms with Crippen molar-refractivity contribution in [3.8, 4) is 11.8 Å². The molecule has 2 aromatic rings. The molecule has 0 amide bonds. The largest absolute Gasteiger partial charge is 0.481 e. The Morgan fingerprint density at radius 2 is 2.00 bits per heavy atom. The molecule has 0 aliphatic carbocycles. The molecular weight excluding hydrogens is 340 g/mol. The van der Waals surface area contributed by atoms with Gasteiger partial charge < -0.3 is 14.8 Å². The molecule has 27 heavy (non-hydrogen) atoms. The van der Waals surface area contributed by atoms with Crippen LogP contribution in [-0.4, -0.2) is 48.7 Å². The van der Waals surface area contributed by atoms with Gasteiger partial charge in [0.15, 0.2) is 0 Å². The first-order valence-corrected chi connectivity index (χ1v) is 9.60. The third-order valence-corrected chi connectivity index (χ3v) is 5.21. The van der Waals surface area contributed by atoms with Crippen LogP contribution >= 0.6 is 0 Å². The molecule has 3 rings (SSSR count). The molecule has 1 aliphatic rings. The Morgan fingerprint density at radius 3 is 2.78 bits per heavy atom. The van der Waals surface area contributed by atoms with Gasteiger partial charge in [0.1, 0.15) is 0 Å². The van der Waals surface area contributed by atoms with E-state index in [0.29, 0.717) is 17.7 Å². The van der Waals surface area contributed by atoms with Crippen LogP contribution in [0.4, 0.5) is 5.69 Å². The van der Waals surface area contributed by atoms with Crippen LogP contribution in [0.2, 0.25) is 0 Å². The summed E-state index contributed by atoms with van der Waals surface area (Å²) in [6.07, 6.45) is 2.45. The molecule has 0 bridgehead atoms. The molecule has 146 valence electrons. The van der Waals surface area contributed by atoms with Gasteiger partial charge >= 0.3 is 0 Å². The SMILES string of the molecule is COc1cc(NC[C@H]2CCCN([C@H](C)c3cccc(OC)n3)C2)cc(C)n1. The standard InChI is InChI=1S/C21H30N4O2/c1-15-11-18(12-21(23-15)27-4)22-13-17-7-6-10-25(14-17)16(2)19-8-5-9-20(24-19)26-3/h5,8-9,11-12,16-17H,6-7,10,13-14H2,1-4H3,(H,22,23)/t16-,17-/m1/s1. The number of methoxy groups -OCH3 is 2. The predicted octanol–water partition coefficient (Wildman–Crippen LogP) is 3.69. The lowest BCUT2D eigenvalue weighted by Crippen LogP contribution is -2.39. The topological polar surface area (TPSA) is 59.5 Å². The molecule has 2 aromatic heterocycles. The van der Waals surface area contributed by atoms with Crippen molar-refractivity contribution < 1.29 is 9.47 Å². The van der Waals surface area contributed by atoms with E-state index in [9.17, 15) is 0 Å². The summed E-state index contributed by atoms with van der Waals surface area (Å²) < 4.78 is 10.5. The molecule has 0 spiro atoms. The van der Waals surface area contributed by atoms with Crippen molar-refractivity contribution >= 4 is 5.69 Å². The Balaban J connectivity index is 1.59. The van der Waals surface area contributed by atoms with Crippen molar-refractivity contribution in [2.45, 2.75) is 32.7 Å². The molecule has 6 nitrogen and oxygen atoms in total. The fourth-order valence-corrected chi connectivity index (χ4v) is 3.69. The van der Waals surface area contributed by atoms with E-state index in [1.165, 1.54) is 12.8 Å². The summed E-state index contributed by atoms with van der Waals surface area (Å²) in [6, 6.07) is 10.3. The second-order valence-electron chi connectivity index (χ2n) is 7.20. The number of pyridine rings is 2. The highest BCUT2D eigenvalue weighted by Crippen LogP contribution is 2.27. The predicted molar refractivity (Wildman–Crippen MR) is 108 cm³/mol. The van der Waals surface area contributed by atoms with E-state index in [2.05, 4.69) is 39.2 Å². The van der Waals surface area contributed by atoms with Crippen molar-refractivity contribution in [3.63, 3.8) is 0 Å². The van der Waals surface area contributed by atoms with Gasteiger partial charge in [0.05, 0.1) is 19.9 Å². The summed E-state index contributed by atoms with van der Waals surface area (Å²) in [5, 5.41) is 3.57. The minimum atomic E-state index is 0.283. The number of aromatic nitrogens is 2. The molecular formula is C21H30N4O2. The number of aryl methyl sites for hydroxylation is 1. The third-order valence-electron chi connectivity index (χ3n) is 5.21. The van der Waals surface area contributed by atoms with Gasteiger partial charge in [-0.25, -0.2) is 9.97 Å². The average Bonchev–Trinajstić information content (AvgIpc) is 2.71. The van der Waals surface area contributed by atoms with Crippen LogP contribution in [0.25, 0.3) is 0 Å². The summed E-state index contributed by atoms with van der Waals surface area (Å²) in [5.74, 6) is 1.93. The number of nitrogens with zero attached hydrogens (tertiary/aromatic N) is 3. The quantitative estimate of drug-likeness (QED) is 0.802. The number of ether oxygens (including phenoxy) is 2. The number of rotatable bonds is 7. The molecule has 2 atom stereocenters. The summed E-state index contributed by atoms with van der Waals surface area (Å²) in [5.41, 5.74) is 3.09. The highest BCUT2D eigenvalue weighted by molar-refractivity contribution is 5.47. The minimum Gasteiger partial charge on any atom is -0.481 e.